The van der Waals surface area contributed by atoms with Crippen molar-refractivity contribution in [3.63, 3.8) is 0 Å². The molecule has 0 bridgehead atoms. The maximum atomic E-state index is 5.25. The van der Waals surface area contributed by atoms with Crippen molar-refractivity contribution >= 4 is 76.3 Å². The number of hydrogen-bond donors (Lipinski definition) is 0. The minimum Gasteiger partial charge on any atom is -0.363 e. The van der Waals surface area contributed by atoms with Crippen molar-refractivity contribution in [1.82, 2.24) is 9.80 Å². The molecule has 2 nitrogen and oxygen atoms in total. The third kappa shape index (κ3) is 16.6. The molecule has 0 atom stereocenters. The zero-order valence-electron chi connectivity index (χ0n) is 15.4. The summed E-state index contributed by atoms with van der Waals surface area (Å²) >= 11 is 10.5. The summed E-state index contributed by atoms with van der Waals surface area (Å²) < 4.78 is 1.94. The molecule has 0 radical (unpaired) electrons. The molecular formula is C16H32N2S6. The summed E-state index contributed by atoms with van der Waals surface area (Å²) in [5.41, 5.74) is 0. The summed E-state index contributed by atoms with van der Waals surface area (Å²) in [6.07, 6.45) is 10.9. The predicted octanol–water partition coefficient (Wildman–Crippen LogP) is 6.56. The van der Waals surface area contributed by atoms with Crippen LogP contribution in [0.15, 0.2) is 0 Å². The van der Waals surface area contributed by atoms with Crippen LogP contribution in [-0.4, -0.2) is 58.1 Å². The SMILES string of the molecule is CN(C)C(=S)SSCCCCCCCCCCSSC(=S)N(C)C. The molecule has 0 N–H and O–H groups in total. The average Bonchev–Trinajstić information content (AvgIpc) is 2.54. The molecule has 0 saturated carbocycles. The van der Waals surface area contributed by atoms with Gasteiger partial charge in [0.05, 0.1) is 0 Å². The van der Waals surface area contributed by atoms with Crippen LogP contribution < -0.4 is 0 Å². The second-order valence-electron chi connectivity index (χ2n) is 5.96. The van der Waals surface area contributed by atoms with Crippen molar-refractivity contribution in [2.45, 2.75) is 51.4 Å². The van der Waals surface area contributed by atoms with Crippen molar-refractivity contribution in [2.24, 2.45) is 0 Å². The molecule has 0 saturated heterocycles. The summed E-state index contributed by atoms with van der Waals surface area (Å²) in [4.78, 5) is 4.00. The smallest absolute Gasteiger partial charge is 0.146 e. The van der Waals surface area contributed by atoms with Crippen molar-refractivity contribution in [2.75, 3.05) is 39.7 Å². The molecule has 0 fully saturated rings. The van der Waals surface area contributed by atoms with E-state index in [-0.39, 0.29) is 0 Å². The first-order chi connectivity index (χ1) is 11.4. The number of rotatable bonds is 13. The van der Waals surface area contributed by atoms with E-state index in [1.54, 1.807) is 21.6 Å². The minimum atomic E-state index is 0.972. The van der Waals surface area contributed by atoms with E-state index in [0.29, 0.717) is 0 Å². The molecule has 0 aromatic heterocycles. The van der Waals surface area contributed by atoms with E-state index < -0.39 is 0 Å². The molecule has 24 heavy (non-hydrogen) atoms. The third-order valence-electron chi connectivity index (χ3n) is 3.20. The Kier molecular flexibility index (Phi) is 18.5. The number of unbranched alkanes of at least 4 members (excludes halogenated alkanes) is 7. The fourth-order valence-corrected chi connectivity index (χ4v) is 6.60. The van der Waals surface area contributed by atoms with Crippen LogP contribution in [0, 0.1) is 0 Å². The number of nitrogens with zero attached hydrogens (tertiary/aromatic N) is 2. The van der Waals surface area contributed by atoms with Crippen LogP contribution in [0.2, 0.25) is 0 Å². The Morgan fingerprint density at radius 3 is 1.17 bits per heavy atom. The van der Waals surface area contributed by atoms with E-state index in [1.165, 1.54) is 62.9 Å². The van der Waals surface area contributed by atoms with E-state index in [9.17, 15) is 0 Å². The lowest BCUT2D eigenvalue weighted by Gasteiger charge is -2.11. The van der Waals surface area contributed by atoms with Crippen LogP contribution in [0.25, 0.3) is 0 Å². The van der Waals surface area contributed by atoms with Crippen molar-refractivity contribution < 1.29 is 0 Å². The van der Waals surface area contributed by atoms with Gasteiger partial charge in [0, 0.05) is 39.7 Å². The van der Waals surface area contributed by atoms with Gasteiger partial charge in [-0.2, -0.15) is 0 Å². The Bertz CT molecular complexity index is 305. The topological polar surface area (TPSA) is 6.48 Å². The molecular weight excluding hydrogens is 413 g/mol. The van der Waals surface area contributed by atoms with Gasteiger partial charge in [0.1, 0.15) is 8.64 Å². The van der Waals surface area contributed by atoms with Crippen molar-refractivity contribution in [3.05, 3.63) is 0 Å². The zero-order valence-corrected chi connectivity index (χ0v) is 20.3. The summed E-state index contributed by atoms with van der Waals surface area (Å²) in [7, 11) is 15.3. The van der Waals surface area contributed by atoms with Gasteiger partial charge in [-0.25, -0.2) is 0 Å². The molecule has 0 aliphatic carbocycles. The highest BCUT2D eigenvalue weighted by Crippen LogP contribution is 2.26. The molecule has 0 spiro atoms. The molecule has 0 aromatic carbocycles. The molecule has 0 heterocycles. The number of thiocarbonyl (C=S) groups is 2. The Hall–Kier alpha value is 1.18. The monoisotopic (exact) mass is 444 g/mol. The van der Waals surface area contributed by atoms with Gasteiger partial charge in [0.2, 0.25) is 0 Å². The maximum absolute atomic E-state index is 5.25. The highest BCUT2D eigenvalue weighted by Gasteiger charge is 2.01. The lowest BCUT2D eigenvalue weighted by Crippen LogP contribution is -2.14. The van der Waals surface area contributed by atoms with Crippen LogP contribution in [-0.2, 0) is 0 Å². The summed E-state index contributed by atoms with van der Waals surface area (Å²) in [6, 6.07) is 0. The lowest BCUT2D eigenvalue weighted by molar-refractivity contribution is 0.588. The highest BCUT2D eigenvalue weighted by atomic mass is 33.1. The summed E-state index contributed by atoms with van der Waals surface area (Å²) in [5, 5.41) is 0. The molecule has 0 unspecified atom stereocenters. The van der Waals surface area contributed by atoms with Gasteiger partial charge in [-0.15, -0.1) is 0 Å². The first-order valence-electron chi connectivity index (χ1n) is 8.46. The van der Waals surface area contributed by atoms with Gasteiger partial charge >= 0.3 is 0 Å². The molecule has 0 aliphatic heterocycles. The fraction of sp³-hybridized carbons (Fsp3) is 0.875. The van der Waals surface area contributed by atoms with Crippen LogP contribution in [0.3, 0.4) is 0 Å². The second kappa shape index (κ2) is 17.6. The summed E-state index contributed by atoms with van der Waals surface area (Å²) in [5.74, 6) is 2.42. The first-order valence-corrected chi connectivity index (χ1v) is 13.9. The van der Waals surface area contributed by atoms with Crippen LogP contribution >= 0.6 is 67.6 Å². The maximum Gasteiger partial charge on any atom is 0.146 e. The average molecular weight is 445 g/mol. The largest absolute Gasteiger partial charge is 0.363 e. The van der Waals surface area contributed by atoms with E-state index >= 15 is 0 Å². The van der Waals surface area contributed by atoms with Crippen LogP contribution in [0.5, 0.6) is 0 Å². The third-order valence-corrected chi connectivity index (χ3v) is 9.88. The molecule has 142 valence electrons. The Morgan fingerprint density at radius 2 is 0.875 bits per heavy atom. The first kappa shape index (κ1) is 25.2. The Labute approximate surface area is 176 Å². The molecule has 0 aromatic rings. The van der Waals surface area contributed by atoms with Crippen molar-refractivity contribution in [1.29, 1.82) is 0 Å². The predicted molar refractivity (Wildman–Crippen MR) is 130 cm³/mol. The zero-order chi connectivity index (χ0) is 18.2. The molecule has 0 rings (SSSR count). The lowest BCUT2D eigenvalue weighted by atomic mass is 10.1. The van der Waals surface area contributed by atoms with Gasteiger partial charge in [0.15, 0.2) is 0 Å². The van der Waals surface area contributed by atoms with E-state index in [1.807, 2.05) is 59.6 Å². The normalized spacial score (nSPS) is 10.7. The van der Waals surface area contributed by atoms with E-state index in [0.717, 1.165) is 8.64 Å². The van der Waals surface area contributed by atoms with Gasteiger partial charge in [0.25, 0.3) is 0 Å². The van der Waals surface area contributed by atoms with Gasteiger partial charge in [-0.3, -0.25) is 0 Å². The summed E-state index contributed by atoms with van der Waals surface area (Å²) in [6.45, 7) is 0. The molecule has 0 amide bonds. The standard InChI is InChI=1S/C16H32N2S6/c1-17(2)15(19)23-21-13-11-9-7-5-6-8-10-12-14-22-24-16(20)18(3)4/h5-14H2,1-4H3. The Balaban J connectivity index is 3.15. The minimum absolute atomic E-state index is 0.972. The van der Waals surface area contributed by atoms with Gasteiger partial charge in [-0.1, -0.05) is 84.5 Å². The highest BCUT2D eigenvalue weighted by molar-refractivity contribution is 8.84. The van der Waals surface area contributed by atoms with E-state index in [4.69, 9.17) is 24.4 Å². The molecule has 0 aliphatic rings. The van der Waals surface area contributed by atoms with Gasteiger partial charge < -0.3 is 9.80 Å². The second-order valence-corrected chi connectivity index (χ2v) is 12.1. The van der Waals surface area contributed by atoms with Crippen LogP contribution in [0.1, 0.15) is 51.4 Å². The fourth-order valence-electron chi connectivity index (χ4n) is 1.72. The van der Waals surface area contributed by atoms with E-state index in [2.05, 4.69) is 0 Å². The number of hydrogen-bond acceptors (Lipinski definition) is 6. The Morgan fingerprint density at radius 1 is 0.583 bits per heavy atom. The van der Waals surface area contributed by atoms with Crippen LogP contribution in [0.4, 0.5) is 0 Å². The van der Waals surface area contributed by atoms with Gasteiger partial charge in [-0.05, 0) is 34.4 Å². The molecule has 8 heteroatoms. The van der Waals surface area contributed by atoms with Crippen molar-refractivity contribution in [3.8, 4) is 0 Å². The quantitative estimate of drug-likeness (QED) is 0.177.